The van der Waals surface area contributed by atoms with Gasteiger partial charge in [0.1, 0.15) is 5.69 Å². The number of ketones is 1. The maximum absolute atomic E-state index is 11.3. The van der Waals surface area contributed by atoms with Crippen molar-refractivity contribution in [3.05, 3.63) is 27.9 Å². The van der Waals surface area contributed by atoms with Crippen molar-refractivity contribution in [3.8, 4) is 5.88 Å². The largest absolute Gasteiger partial charge is 0.481 e. The molecule has 1 aromatic heterocycles. The Hall–Kier alpha value is -2.51. The average molecular weight is 254 g/mol. The van der Waals surface area contributed by atoms with Crippen LogP contribution in [0.25, 0.3) is 0 Å². The second-order valence-electron chi connectivity index (χ2n) is 3.17. The highest BCUT2D eigenvalue weighted by atomic mass is 16.6. The molecule has 96 valence electrons. The van der Waals surface area contributed by atoms with Crippen molar-refractivity contribution in [2.24, 2.45) is 0 Å². The van der Waals surface area contributed by atoms with Gasteiger partial charge in [0.25, 0.3) is 5.69 Å². The van der Waals surface area contributed by atoms with Gasteiger partial charge in [-0.3, -0.25) is 14.9 Å². The van der Waals surface area contributed by atoms with Crippen molar-refractivity contribution >= 4 is 17.4 Å². The Bertz CT molecular complexity index is 499. The summed E-state index contributed by atoms with van der Waals surface area (Å²) >= 11 is 0. The van der Waals surface area contributed by atoms with Gasteiger partial charge >= 0.3 is 5.97 Å². The van der Waals surface area contributed by atoms with Crippen LogP contribution in [0.2, 0.25) is 0 Å². The van der Waals surface area contributed by atoms with Crippen LogP contribution < -0.4 is 4.74 Å². The molecule has 18 heavy (non-hydrogen) atoms. The number of ether oxygens (including phenoxy) is 2. The maximum Gasteiger partial charge on any atom is 0.374 e. The summed E-state index contributed by atoms with van der Waals surface area (Å²) in [5.74, 6) is -1.87. The van der Waals surface area contributed by atoms with Gasteiger partial charge in [-0.2, -0.15) is 0 Å². The molecule has 0 aromatic carbocycles. The highest BCUT2D eigenvalue weighted by Gasteiger charge is 2.23. The van der Waals surface area contributed by atoms with Crippen LogP contribution in [0.15, 0.2) is 12.1 Å². The zero-order valence-corrected chi connectivity index (χ0v) is 9.71. The number of nitrogens with zero attached hydrogens (tertiary/aromatic N) is 2. The monoisotopic (exact) mass is 254 g/mol. The molecule has 0 atom stereocenters. The molecule has 0 aliphatic carbocycles. The molecule has 0 radical (unpaired) electrons. The lowest BCUT2D eigenvalue weighted by atomic mass is 10.2. The molecule has 1 heterocycles. The number of Topliss-reactive ketones (excluding diaryl/α,β-unsaturated/α-hetero) is 1. The van der Waals surface area contributed by atoms with Crippen LogP contribution in [0.5, 0.6) is 5.88 Å². The Balaban J connectivity index is 3.08. The molecule has 8 heteroatoms. The first-order chi connectivity index (χ1) is 8.49. The Morgan fingerprint density at radius 3 is 2.56 bits per heavy atom. The van der Waals surface area contributed by atoms with Crippen molar-refractivity contribution in [3.63, 3.8) is 0 Å². The third kappa shape index (κ3) is 3.00. The minimum absolute atomic E-state index is 0.119. The van der Waals surface area contributed by atoms with Gasteiger partial charge < -0.3 is 9.47 Å². The van der Waals surface area contributed by atoms with Crippen molar-refractivity contribution in [1.29, 1.82) is 0 Å². The molecule has 8 nitrogen and oxygen atoms in total. The standard InChI is InChI=1S/C10H10N2O6/c1-17-9-4-3-7(12(15)16)6(11-9)5-8(13)10(14)18-2/h3-4H,5H2,1-2H3. The van der Waals surface area contributed by atoms with E-state index in [1.807, 2.05) is 0 Å². The molecule has 0 aliphatic heterocycles. The summed E-state index contributed by atoms with van der Waals surface area (Å²) in [6.07, 6.45) is -0.514. The maximum atomic E-state index is 11.3. The first-order valence-electron chi connectivity index (χ1n) is 4.79. The molecule has 0 unspecified atom stereocenters. The normalized spacial score (nSPS) is 9.67. The van der Waals surface area contributed by atoms with E-state index in [4.69, 9.17) is 4.74 Å². The van der Waals surface area contributed by atoms with Crippen LogP contribution in [-0.4, -0.2) is 35.9 Å². The van der Waals surface area contributed by atoms with Crippen LogP contribution in [0, 0.1) is 10.1 Å². The second-order valence-corrected chi connectivity index (χ2v) is 3.17. The van der Waals surface area contributed by atoms with Gasteiger partial charge in [0.15, 0.2) is 0 Å². The summed E-state index contributed by atoms with van der Waals surface area (Å²) in [4.78, 5) is 36.1. The summed E-state index contributed by atoms with van der Waals surface area (Å²) in [7, 11) is 2.38. The van der Waals surface area contributed by atoms with Crippen LogP contribution >= 0.6 is 0 Å². The fourth-order valence-electron chi connectivity index (χ4n) is 1.22. The van der Waals surface area contributed by atoms with Crippen molar-refractivity contribution in [1.82, 2.24) is 4.98 Å². The average Bonchev–Trinajstić information content (AvgIpc) is 2.37. The topological polar surface area (TPSA) is 109 Å². The van der Waals surface area contributed by atoms with Crippen molar-refractivity contribution < 1.29 is 24.0 Å². The lowest BCUT2D eigenvalue weighted by Gasteiger charge is -2.03. The van der Waals surface area contributed by atoms with Crippen molar-refractivity contribution in [2.75, 3.05) is 14.2 Å². The number of hydrogen-bond donors (Lipinski definition) is 0. The number of methoxy groups -OCH3 is 2. The zero-order chi connectivity index (χ0) is 13.7. The van der Waals surface area contributed by atoms with E-state index >= 15 is 0 Å². The van der Waals surface area contributed by atoms with Crippen LogP contribution in [0.1, 0.15) is 5.69 Å². The minimum Gasteiger partial charge on any atom is -0.481 e. The van der Waals surface area contributed by atoms with Crippen LogP contribution in [0.4, 0.5) is 5.69 Å². The molecule has 0 fully saturated rings. The number of nitro groups is 1. The first kappa shape index (κ1) is 13.6. The van der Waals surface area contributed by atoms with E-state index in [0.717, 1.165) is 13.2 Å². The Kier molecular flexibility index (Phi) is 4.30. The van der Waals surface area contributed by atoms with Gasteiger partial charge in [-0.1, -0.05) is 0 Å². The van der Waals surface area contributed by atoms with E-state index in [1.165, 1.54) is 13.2 Å². The molecule has 0 aliphatic rings. The number of aromatic nitrogens is 1. The Morgan fingerprint density at radius 1 is 1.39 bits per heavy atom. The zero-order valence-electron chi connectivity index (χ0n) is 9.71. The van der Waals surface area contributed by atoms with E-state index in [2.05, 4.69) is 9.72 Å². The number of carbonyl (C=O) groups is 2. The summed E-state index contributed by atoms with van der Waals surface area (Å²) < 4.78 is 9.02. The van der Waals surface area contributed by atoms with E-state index in [1.54, 1.807) is 0 Å². The number of esters is 1. The van der Waals surface area contributed by atoms with Gasteiger partial charge in [0.05, 0.1) is 25.6 Å². The Morgan fingerprint density at radius 2 is 2.06 bits per heavy atom. The number of carbonyl (C=O) groups excluding carboxylic acids is 2. The van der Waals surface area contributed by atoms with E-state index < -0.39 is 23.1 Å². The first-order valence-corrected chi connectivity index (χ1v) is 4.79. The SMILES string of the molecule is COC(=O)C(=O)Cc1nc(OC)ccc1[N+](=O)[O-]. The fraction of sp³-hybridized carbons (Fsp3) is 0.300. The predicted octanol–water partition coefficient (Wildman–Crippen LogP) is 0.283. The number of pyridine rings is 1. The lowest BCUT2D eigenvalue weighted by molar-refractivity contribution is -0.385. The molecule has 1 aromatic rings. The van der Waals surface area contributed by atoms with Gasteiger partial charge in [-0.05, 0) is 0 Å². The highest BCUT2D eigenvalue weighted by molar-refractivity contribution is 6.34. The molecule has 0 spiro atoms. The minimum atomic E-state index is -1.08. The van der Waals surface area contributed by atoms with Crippen molar-refractivity contribution in [2.45, 2.75) is 6.42 Å². The van der Waals surface area contributed by atoms with Crippen LogP contribution in [0.3, 0.4) is 0 Å². The molecule has 1 rings (SSSR count). The smallest absolute Gasteiger partial charge is 0.374 e. The number of rotatable bonds is 5. The number of hydrogen-bond acceptors (Lipinski definition) is 7. The van der Waals surface area contributed by atoms with Gasteiger partial charge in [-0.15, -0.1) is 0 Å². The van der Waals surface area contributed by atoms with Gasteiger partial charge in [-0.25, -0.2) is 9.78 Å². The third-order valence-corrected chi connectivity index (χ3v) is 2.07. The highest BCUT2D eigenvalue weighted by Crippen LogP contribution is 2.20. The summed E-state index contributed by atoms with van der Waals surface area (Å²) in [6.45, 7) is 0. The second kappa shape index (κ2) is 5.71. The molecular formula is C10H10N2O6. The molecule has 0 N–H and O–H groups in total. The van der Waals surface area contributed by atoms with E-state index in [-0.39, 0.29) is 17.3 Å². The van der Waals surface area contributed by atoms with Gasteiger partial charge in [0.2, 0.25) is 11.7 Å². The van der Waals surface area contributed by atoms with Gasteiger partial charge in [0, 0.05) is 12.1 Å². The molecular weight excluding hydrogens is 244 g/mol. The predicted molar refractivity (Wildman–Crippen MR) is 58.2 cm³/mol. The quantitative estimate of drug-likeness (QED) is 0.321. The summed E-state index contributed by atoms with van der Waals surface area (Å²) in [5.41, 5.74) is -0.497. The van der Waals surface area contributed by atoms with E-state index in [9.17, 15) is 19.7 Å². The summed E-state index contributed by atoms with van der Waals surface area (Å²) in [6, 6.07) is 2.45. The summed E-state index contributed by atoms with van der Waals surface area (Å²) in [5, 5.41) is 10.7. The lowest BCUT2D eigenvalue weighted by Crippen LogP contribution is -2.19. The Labute approximate surface area is 102 Å². The third-order valence-electron chi connectivity index (χ3n) is 2.07. The molecule has 0 bridgehead atoms. The molecule has 0 saturated heterocycles. The molecule has 0 saturated carbocycles. The van der Waals surface area contributed by atoms with Crippen LogP contribution in [-0.2, 0) is 20.7 Å². The van der Waals surface area contributed by atoms with E-state index in [0.29, 0.717) is 0 Å². The fourth-order valence-corrected chi connectivity index (χ4v) is 1.22. The molecule has 0 amide bonds.